The van der Waals surface area contributed by atoms with Crippen molar-refractivity contribution >= 4 is 42.0 Å². The van der Waals surface area contributed by atoms with Gasteiger partial charge in [0.05, 0.1) is 24.7 Å². The number of ether oxygens (including phenoxy) is 6. The molecule has 0 fully saturated rings. The van der Waals surface area contributed by atoms with Gasteiger partial charge in [-0.25, -0.2) is 3.63 Å². The Morgan fingerprint density at radius 2 is 1.01 bits per heavy atom. The van der Waals surface area contributed by atoms with E-state index in [0.717, 1.165) is 57.4 Å². The van der Waals surface area contributed by atoms with Gasteiger partial charge in [0.2, 0.25) is 0 Å². The van der Waals surface area contributed by atoms with Crippen molar-refractivity contribution < 1.29 is 80.0 Å². The van der Waals surface area contributed by atoms with Crippen LogP contribution in [0.25, 0.3) is 21.5 Å². The van der Waals surface area contributed by atoms with Crippen LogP contribution in [-0.4, -0.2) is 84.7 Å². The summed E-state index contributed by atoms with van der Waals surface area (Å²) in [6, 6.07) is 32.2. The first kappa shape index (κ1) is 51.1. The lowest BCUT2D eigenvalue weighted by molar-refractivity contribution is -0.382. The number of alkyl halides is 9. The zero-order chi connectivity index (χ0) is 48.5. The van der Waals surface area contributed by atoms with Gasteiger partial charge in [-0.05, 0) is 118 Å². The highest BCUT2D eigenvalue weighted by Crippen LogP contribution is 2.73. The average Bonchev–Trinajstić information content (AvgIpc) is 3.31. The Balaban J connectivity index is 1.44. The van der Waals surface area contributed by atoms with Crippen molar-refractivity contribution in [2.24, 2.45) is 0 Å². The molecule has 0 atom stereocenters. The minimum Gasteiger partial charge on any atom is -0.491 e. The summed E-state index contributed by atoms with van der Waals surface area (Å²) in [5.74, 6) is -15.2. The SMILES string of the molecule is CCOCCOc1ccc(S(OS(=O)(=O)C(F)(F)C(F)(F)C(F)(F)C(F)(F)F)(c2ccc(OCCOCC)cc2)c2ccccc2OCOCCc2cc3ccccc3c3ccccc23)cc1. The molecule has 9 nitrogen and oxygen atoms in total. The third kappa shape index (κ3) is 10.7. The van der Waals surface area contributed by atoms with Crippen LogP contribution in [0, 0.1) is 0 Å². The van der Waals surface area contributed by atoms with Crippen molar-refractivity contribution in [1.82, 2.24) is 0 Å². The van der Waals surface area contributed by atoms with E-state index in [1.807, 2.05) is 54.6 Å². The average molecular weight is 989 g/mol. The molecular formula is C47H45F9O9S2. The van der Waals surface area contributed by atoms with E-state index in [1.54, 1.807) is 13.8 Å². The lowest BCUT2D eigenvalue weighted by Crippen LogP contribution is -2.63. The first-order valence-electron chi connectivity index (χ1n) is 20.6. The molecule has 0 bridgehead atoms. The van der Waals surface area contributed by atoms with Gasteiger partial charge in [-0.15, -0.1) is 0 Å². The third-order valence-corrected chi connectivity index (χ3v) is 15.4. The van der Waals surface area contributed by atoms with Crippen molar-refractivity contribution in [3.63, 3.8) is 0 Å². The van der Waals surface area contributed by atoms with Crippen LogP contribution in [0.3, 0.4) is 0 Å². The Morgan fingerprint density at radius 3 is 1.57 bits per heavy atom. The summed E-state index contributed by atoms with van der Waals surface area (Å²) in [7, 11) is -12.1. The molecule has 0 aromatic heterocycles. The van der Waals surface area contributed by atoms with Gasteiger partial charge >= 0.3 is 33.4 Å². The summed E-state index contributed by atoms with van der Waals surface area (Å²) in [6.07, 6.45) is -6.95. The molecule has 362 valence electrons. The summed E-state index contributed by atoms with van der Waals surface area (Å²) in [4.78, 5) is -1.15. The molecule has 0 aliphatic heterocycles. The van der Waals surface area contributed by atoms with Crippen LogP contribution in [0.5, 0.6) is 17.2 Å². The number of fused-ring (bicyclic) bond motifs is 3. The lowest BCUT2D eigenvalue weighted by Gasteiger charge is -2.42. The van der Waals surface area contributed by atoms with Crippen molar-refractivity contribution in [2.75, 3.05) is 53.0 Å². The maximum Gasteiger partial charge on any atom is 0.460 e. The zero-order valence-corrected chi connectivity index (χ0v) is 37.5. The number of hydrogen-bond donors (Lipinski definition) is 0. The third-order valence-electron chi connectivity index (χ3n) is 10.2. The van der Waals surface area contributed by atoms with Crippen LogP contribution < -0.4 is 14.2 Å². The van der Waals surface area contributed by atoms with E-state index < -0.39 is 55.4 Å². The lowest BCUT2D eigenvalue weighted by atomic mass is 9.96. The van der Waals surface area contributed by atoms with Crippen LogP contribution in [0.1, 0.15) is 19.4 Å². The molecule has 0 amide bonds. The minimum atomic E-state index is -7.60. The molecule has 0 heterocycles. The van der Waals surface area contributed by atoms with E-state index >= 15 is 17.6 Å². The second kappa shape index (κ2) is 21.4. The van der Waals surface area contributed by atoms with Gasteiger partial charge in [-0.3, -0.25) is 0 Å². The molecule has 0 N–H and O–H groups in total. The van der Waals surface area contributed by atoms with Crippen molar-refractivity contribution in [2.45, 2.75) is 58.2 Å². The Morgan fingerprint density at radius 1 is 0.507 bits per heavy atom. The molecule has 6 rings (SSSR count). The molecule has 0 saturated carbocycles. The molecule has 0 aliphatic carbocycles. The quantitative estimate of drug-likeness (QED) is 0.0254. The highest BCUT2D eigenvalue weighted by atomic mass is 32.3. The second-order valence-corrected chi connectivity index (χ2v) is 18.9. The first-order chi connectivity index (χ1) is 31.8. The highest BCUT2D eigenvalue weighted by Gasteiger charge is 2.86. The molecule has 6 aromatic rings. The number of hydrogen-bond acceptors (Lipinski definition) is 9. The smallest absolute Gasteiger partial charge is 0.460 e. The van der Waals surface area contributed by atoms with Crippen molar-refractivity contribution in [3.05, 3.63) is 133 Å². The van der Waals surface area contributed by atoms with Crippen LogP contribution in [0.2, 0.25) is 0 Å². The first-order valence-corrected chi connectivity index (χ1v) is 23.6. The molecule has 67 heavy (non-hydrogen) atoms. The fourth-order valence-electron chi connectivity index (χ4n) is 6.87. The molecule has 0 unspecified atom stereocenters. The monoisotopic (exact) mass is 988 g/mol. The Hall–Kier alpha value is -5.25. The van der Waals surface area contributed by atoms with Gasteiger partial charge in [0.15, 0.2) is 6.79 Å². The van der Waals surface area contributed by atoms with Crippen LogP contribution in [0.15, 0.2) is 142 Å². The van der Waals surface area contributed by atoms with Gasteiger partial charge in [-0.2, -0.15) is 47.9 Å². The minimum absolute atomic E-state index is 0.0172. The second-order valence-electron chi connectivity index (χ2n) is 14.4. The largest absolute Gasteiger partial charge is 0.491 e. The van der Waals surface area contributed by atoms with Crippen molar-refractivity contribution in [1.29, 1.82) is 0 Å². The number of halogens is 9. The maximum atomic E-state index is 15.8. The summed E-state index contributed by atoms with van der Waals surface area (Å²) < 4.78 is 197. The molecule has 0 spiro atoms. The predicted octanol–water partition coefficient (Wildman–Crippen LogP) is 12.4. The van der Waals surface area contributed by atoms with Crippen LogP contribution in [0.4, 0.5) is 39.5 Å². The molecular weight excluding hydrogens is 944 g/mol. The molecule has 20 heteroatoms. The van der Waals surface area contributed by atoms with E-state index in [2.05, 4.69) is 0 Å². The topological polar surface area (TPSA) is 98.8 Å². The number of para-hydroxylation sites is 1. The normalized spacial score (nSPS) is 13.2. The van der Waals surface area contributed by atoms with Gasteiger partial charge in [-0.1, -0.05) is 66.7 Å². The Labute approximate surface area is 382 Å². The van der Waals surface area contributed by atoms with Gasteiger partial charge < -0.3 is 28.4 Å². The van der Waals surface area contributed by atoms with Gasteiger partial charge in [0.1, 0.15) is 30.5 Å². The summed E-state index contributed by atoms with van der Waals surface area (Å²) in [5.41, 5.74) is 0.932. The van der Waals surface area contributed by atoms with Gasteiger partial charge in [0, 0.05) is 23.0 Å². The molecule has 6 aromatic carbocycles. The zero-order valence-electron chi connectivity index (χ0n) is 35.9. The standard InChI is InChI=1S/C47H45F9O9S2/c1-3-59-27-29-62-35-17-21-37(22-18-35)66(38-23-19-36(20-24-38)63-30-28-60-4-2,65-67(57,58)47(55,56)45(50,51)44(48,49)46(52,53)54)43-16-10-9-15-42(43)64-32-61-26-25-34-31-33-11-5-6-12-39(33)41-14-8-7-13-40(34)41/h5-24,31H,3-4,25-30,32H2,1-2H3. The van der Waals surface area contributed by atoms with Crippen LogP contribution in [-0.2, 0) is 34.4 Å². The van der Waals surface area contributed by atoms with Crippen LogP contribution >= 0.6 is 10.3 Å². The maximum absolute atomic E-state index is 15.8. The fraction of sp³-hybridized carbons (Fsp3) is 0.319. The predicted molar refractivity (Wildman–Crippen MR) is 233 cm³/mol. The van der Waals surface area contributed by atoms with E-state index in [0.29, 0.717) is 19.6 Å². The van der Waals surface area contributed by atoms with Gasteiger partial charge in [0.25, 0.3) is 0 Å². The Kier molecular flexibility index (Phi) is 16.3. The van der Waals surface area contributed by atoms with E-state index in [9.17, 15) is 30.4 Å². The molecule has 0 saturated heterocycles. The summed E-state index contributed by atoms with van der Waals surface area (Å²) in [5, 5.41) is -3.21. The van der Waals surface area contributed by atoms with E-state index in [-0.39, 0.29) is 60.1 Å². The number of benzene rings is 6. The summed E-state index contributed by atoms with van der Waals surface area (Å²) >= 11 is 0. The number of rotatable bonds is 24. The summed E-state index contributed by atoms with van der Waals surface area (Å²) in [6.45, 7) is 4.02. The Bertz CT molecular complexity index is 2630. The molecule has 0 radical (unpaired) electrons. The highest BCUT2D eigenvalue weighted by molar-refractivity contribution is 8.33. The molecule has 0 aliphatic rings. The van der Waals surface area contributed by atoms with Crippen molar-refractivity contribution in [3.8, 4) is 17.2 Å². The van der Waals surface area contributed by atoms with E-state index in [4.69, 9.17) is 32.1 Å². The van der Waals surface area contributed by atoms with E-state index in [1.165, 1.54) is 42.5 Å². The fourth-order valence-corrected chi connectivity index (χ4v) is 12.2.